The van der Waals surface area contributed by atoms with Crippen LogP contribution in [-0.4, -0.2) is 36.1 Å². The molecule has 0 bridgehead atoms. The summed E-state index contributed by atoms with van der Waals surface area (Å²) < 4.78 is 5.04. The Bertz CT molecular complexity index is 446. The lowest BCUT2D eigenvalue weighted by Gasteiger charge is -2.23. The van der Waals surface area contributed by atoms with E-state index in [0.717, 1.165) is 5.56 Å². The molecule has 1 amide bonds. The monoisotopic (exact) mass is 266 g/mol. The molecule has 0 saturated heterocycles. The van der Waals surface area contributed by atoms with Crippen LogP contribution in [-0.2, 0) is 11.3 Å². The number of carbonyl (C=O) groups is 1. The van der Waals surface area contributed by atoms with Crippen molar-refractivity contribution in [3.63, 3.8) is 0 Å². The lowest BCUT2D eigenvalue weighted by molar-refractivity contribution is -0.132. The number of carbonyl (C=O) groups excluding carboxylic acids is 1. The van der Waals surface area contributed by atoms with E-state index in [4.69, 9.17) is 10.5 Å². The van der Waals surface area contributed by atoms with Crippen LogP contribution in [0.1, 0.15) is 19.4 Å². The Morgan fingerprint density at radius 3 is 2.63 bits per heavy atom. The Labute approximate surface area is 114 Å². The van der Waals surface area contributed by atoms with Crippen LogP contribution >= 0.6 is 0 Å². The van der Waals surface area contributed by atoms with Gasteiger partial charge >= 0.3 is 0 Å². The van der Waals surface area contributed by atoms with Crippen molar-refractivity contribution in [1.29, 1.82) is 0 Å². The number of phenolic OH excluding ortho intramolecular Hbond substituents is 1. The van der Waals surface area contributed by atoms with E-state index in [2.05, 4.69) is 0 Å². The van der Waals surface area contributed by atoms with Gasteiger partial charge in [0.2, 0.25) is 5.91 Å². The van der Waals surface area contributed by atoms with E-state index in [1.165, 1.54) is 7.11 Å². The molecule has 0 aliphatic rings. The zero-order valence-electron chi connectivity index (χ0n) is 11.9. The molecule has 0 aromatic heterocycles. The van der Waals surface area contributed by atoms with Crippen molar-refractivity contribution in [2.45, 2.75) is 26.4 Å². The molecule has 1 atom stereocenters. The van der Waals surface area contributed by atoms with Crippen molar-refractivity contribution in [2.75, 3.05) is 14.2 Å². The van der Waals surface area contributed by atoms with Crippen LogP contribution in [0.3, 0.4) is 0 Å². The highest BCUT2D eigenvalue weighted by Crippen LogP contribution is 2.26. The summed E-state index contributed by atoms with van der Waals surface area (Å²) >= 11 is 0. The van der Waals surface area contributed by atoms with Gasteiger partial charge in [0.1, 0.15) is 0 Å². The zero-order chi connectivity index (χ0) is 14.6. The summed E-state index contributed by atoms with van der Waals surface area (Å²) in [6.45, 7) is 4.26. The highest BCUT2D eigenvalue weighted by molar-refractivity contribution is 5.81. The molecule has 3 N–H and O–H groups in total. The lowest BCUT2D eigenvalue weighted by Crippen LogP contribution is -2.44. The van der Waals surface area contributed by atoms with E-state index in [-0.39, 0.29) is 17.6 Å². The molecule has 5 nitrogen and oxygen atoms in total. The van der Waals surface area contributed by atoms with Gasteiger partial charge in [-0.25, -0.2) is 0 Å². The second-order valence-corrected chi connectivity index (χ2v) is 4.97. The van der Waals surface area contributed by atoms with Crippen LogP contribution in [0.4, 0.5) is 0 Å². The largest absolute Gasteiger partial charge is 0.504 e. The number of nitrogens with zero attached hydrogens (tertiary/aromatic N) is 1. The first kappa shape index (κ1) is 15.3. The van der Waals surface area contributed by atoms with Gasteiger partial charge < -0.3 is 20.5 Å². The van der Waals surface area contributed by atoms with Gasteiger partial charge in [-0.1, -0.05) is 19.9 Å². The number of hydrogen-bond donors (Lipinski definition) is 2. The molecule has 0 aliphatic heterocycles. The minimum Gasteiger partial charge on any atom is -0.504 e. The quantitative estimate of drug-likeness (QED) is 0.843. The minimum absolute atomic E-state index is 0.0825. The molecule has 106 valence electrons. The highest BCUT2D eigenvalue weighted by atomic mass is 16.5. The van der Waals surface area contributed by atoms with Crippen LogP contribution < -0.4 is 10.5 Å². The predicted molar refractivity (Wildman–Crippen MR) is 73.9 cm³/mol. The number of nitrogens with two attached hydrogens (primary N) is 1. The molecule has 0 radical (unpaired) electrons. The van der Waals surface area contributed by atoms with Crippen LogP contribution in [0.5, 0.6) is 11.5 Å². The first-order valence-electron chi connectivity index (χ1n) is 6.23. The van der Waals surface area contributed by atoms with Gasteiger partial charge in [-0.15, -0.1) is 0 Å². The third kappa shape index (κ3) is 3.86. The fourth-order valence-electron chi connectivity index (χ4n) is 1.71. The maximum absolute atomic E-state index is 12.0. The number of rotatable bonds is 5. The van der Waals surface area contributed by atoms with Gasteiger partial charge in [0.15, 0.2) is 11.5 Å². The van der Waals surface area contributed by atoms with Gasteiger partial charge in [-0.05, 0) is 23.6 Å². The van der Waals surface area contributed by atoms with Crippen molar-refractivity contribution in [1.82, 2.24) is 4.90 Å². The first-order chi connectivity index (χ1) is 8.86. The molecule has 1 aromatic carbocycles. The summed E-state index contributed by atoms with van der Waals surface area (Å²) in [6.07, 6.45) is 0. The third-order valence-corrected chi connectivity index (χ3v) is 3.04. The number of likely N-dealkylation sites (N-methyl/N-ethyl adjacent to an activating group) is 1. The standard InChI is InChI=1S/C14H22N2O3/c1-9(2)13(15)14(18)16(3)8-10-5-6-11(17)12(7-10)19-4/h5-7,9,13,17H,8,15H2,1-4H3/t13-/m0/s1. The maximum atomic E-state index is 12.0. The summed E-state index contributed by atoms with van der Waals surface area (Å²) in [5.41, 5.74) is 6.72. The topological polar surface area (TPSA) is 75.8 Å². The fourth-order valence-corrected chi connectivity index (χ4v) is 1.71. The van der Waals surface area contributed by atoms with Crippen LogP contribution in [0.25, 0.3) is 0 Å². The molecule has 1 aromatic rings. The molecule has 5 heteroatoms. The molecule has 0 saturated carbocycles. The SMILES string of the molecule is COc1cc(CN(C)C(=O)[C@@H](N)C(C)C)ccc1O. The third-order valence-electron chi connectivity index (χ3n) is 3.04. The Balaban J connectivity index is 2.77. The molecule has 0 unspecified atom stereocenters. The van der Waals surface area contributed by atoms with E-state index in [1.807, 2.05) is 13.8 Å². The molecule has 0 fully saturated rings. The molecule has 1 rings (SSSR count). The second-order valence-electron chi connectivity index (χ2n) is 4.97. The fraction of sp³-hybridized carbons (Fsp3) is 0.500. The molecular weight excluding hydrogens is 244 g/mol. The van der Waals surface area contributed by atoms with Crippen LogP contribution in [0.2, 0.25) is 0 Å². The van der Waals surface area contributed by atoms with Gasteiger partial charge in [0, 0.05) is 13.6 Å². The van der Waals surface area contributed by atoms with Crippen LogP contribution in [0.15, 0.2) is 18.2 Å². The molecule has 19 heavy (non-hydrogen) atoms. The molecule has 0 spiro atoms. The summed E-state index contributed by atoms with van der Waals surface area (Å²) in [5, 5.41) is 9.51. The number of benzene rings is 1. The van der Waals surface area contributed by atoms with E-state index in [9.17, 15) is 9.90 Å². The van der Waals surface area contributed by atoms with Crippen molar-refractivity contribution in [2.24, 2.45) is 11.7 Å². The number of amides is 1. The average molecular weight is 266 g/mol. The highest BCUT2D eigenvalue weighted by Gasteiger charge is 2.21. The van der Waals surface area contributed by atoms with Gasteiger partial charge in [-0.2, -0.15) is 0 Å². The summed E-state index contributed by atoms with van der Waals surface area (Å²) in [7, 11) is 3.20. The normalized spacial score (nSPS) is 12.3. The van der Waals surface area contributed by atoms with Crippen molar-refractivity contribution >= 4 is 5.91 Å². The summed E-state index contributed by atoms with van der Waals surface area (Å²) in [5.74, 6) is 0.483. The molecule has 0 heterocycles. The number of methoxy groups -OCH3 is 1. The lowest BCUT2D eigenvalue weighted by atomic mass is 10.0. The predicted octanol–water partition coefficient (Wildman–Crippen LogP) is 1.34. The number of phenols is 1. The number of hydrogen-bond acceptors (Lipinski definition) is 4. The van der Waals surface area contributed by atoms with Gasteiger partial charge in [-0.3, -0.25) is 4.79 Å². The zero-order valence-corrected chi connectivity index (χ0v) is 11.9. The first-order valence-corrected chi connectivity index (χ1v) is 6.23. The van der Waals surface area contributed by atoms with E-state index in [0.29, 0.717) is 12.3 Å². The van der Waals surface area contributed by atoms with Crippen molar-refractivity contribution in [3.8, 4) is 11.5 Å². The van der Waals surface area contributed by atoms with Crippen LogP contribution in [0, 0.1) is 5.92 Å². The summed E-state index contributed by atoms with van der Waals surface area (Å²) in [6, 6.07) is 4.52. The summed E-state index contributed by atoms with van der Waals surface area (Å²) in [4.78, 5) is 13.6. The number of ether oxygens (including phenoxy) is 1. The smallest absolute Gasteiger partial charge is 0.239 e. The van der Waals surface area contributed by atoms with Gasteiger partial charge in [0.05, 0.1) is 13.2 Å². The van der Waals surface area contributed by atoms with E-state index < -0.39 is 6.04 Å². The molecule has 0 aliphatic carbocycles. The second kappa shape index (κ2) is 6.43. The van der Waals surface area contributed by atoms with E-state index >= 15 is 0 Å². The Kier molecular flexibility index (Phi) is 5.18. The average Bonchev–Trinajstić information content (AvgIpc) is 2.38. The molecular formula is C14H22N2O3. The van der Waals surface area contributed by atoms with Crippen molar-refractivity contribution in [3.05, 3.63) is 23.8 Å². The maximum Gasteiger partial charge on any atom is 0.239 e. The number of aromatic hydroxyl groups is 1. The Morgan fingerprint density at radius 2 is 2.11 bits per heavy atom. The minimum atomic E-state index is -0.496. The van der Waals surface area contributed by atoms with Crippen molar-refractivity contribution < 1.29 is 14.6 Å². The Morgan fingerprint density at radius 1 is 1.47 bits per heavy atom. The van der Waals surface area contributed by atoms with Gasteiger partial charge in [0.25, 0.3) is 0 Å². The van der Waals surface area contributed by atoms with E-state index in [1.54, 1.807) is 30.1 Å². The Hall–Kier alpha value is -1.75.